The minimum Gasteiger partial charge on any atom is -0.462 e. The number of aliphatic hydroxyl groups is 1. The smallest absolute Gasteiger partial charge is 0.412 e. The Morgan fingerprint density at radius 2 is 1.69 bits per heavy atom. The summed E-state index contributed by atoms with van der Waals surface area (Å²) in [5.41, 5.74) is 6.24. The first-order valence-electron chi connectivity index (χ1n) is 27.3. The van der Waals surface area contributed by atoms with Gasteiger partial charge >= 0.3 is 18.1 Å². The maximum atomic E-state index is 14.3. The van der Waals surface area contributed by atoms with E-state index in [9.17, 15) is 48.3 Å². The van der Waals surface area contributed by atoms with Crippen LogP contribution in [-0.4, -0.2) is 132 Å². The molecule has 4 aliphatic heterocycles. The molecular weight excluding hydrogens is 1050 g/mol. The van der Waals surface area contributed by atoms with Crippen molar-refractivity contribution >= 4 is 76.3 Å². The van der Waals surface area contributed by atoms with Crippen LogP contribution in [0, 0.1) is 24.7 Å². The van der Waals surface area contributed by atoms with Crippen LogP contribution < -0.4 is 26.6 Å². The maximum Gasteiger partial charge on any atom is 0.412 e. The van der Waals surface area contributed by atoms with Crippen molar-refractivity contribution in [3.63, 3.8) is 0 Å². The lowest BCUT2D eigenvalue weighted by atomic mass is 9.78. The predicted octanol–water partition coefficient (Wildman–Crippen LogP) is 6.68. The minimum atomic E-state index is -1.62. The predicted molar refractivity (Wildman–Crippen MR) is 298 cm³/mol. The van der Waals surface area contributed by atoms with E-state index in [-0.39, 0.29) is 93.0 Å². The Labute approximate surface area is 472 Å². The number of ether oxygens (including phenoxy) is 4. The monoisotopic (exact) mass is 1130 g/mol. The molecule has 434 valence electrons. The fraction of sp³-hybridized carbons (Fsp3) is 0.542. The van der Waals surface area contributed by atoms with Gasteiger partial charge in [0.15, 0.2) is 5.78 Å². The van der Waals surface area contributed by atoms with Gasteiger partial charge in [-0.1, -0.05) is 80.8 Å². The lowest BCUT2D eigenvalue weighted by molar-refractivity contribution is -0.187. The lowest BCUT2D eigenvalue weighted by Crippen LogP contribution is -2.53. The number of nitrogens with one attached hydrogen (secondary N) is 3. The number of halogens is 1. The Hall–Kier alpha value is -6.74. The number of Topliss-reactive ketones (excluding diaryl/α,β-unsaturated/α-hetero) is 2. The topological polar surface area (TPSA) is 283 Å². The fourth-order valence-electron chi connectivity index (χ4n) is 10.7. The summed E-state index contributed by atoms with van der Waals surface area (Å²) in [6, 6.07) is 8.44. The third-order valence-electron chi connectivity index (χ3n) is 15.5. The van der Waals surface area contributed by atoms with Crippen molar-refractivity contribution in [2.45, 2.75) is 160 Å². The quantitative estimate of drug-likeness (QED) is 0.0377. The van der Waals surface area contributed by atoms with Crippen LogP contribution in [0.2, 0.25) is 5.02 Å². The van der Waals surface area contributed by atoms with Crippen LogP contribution in [0.15, 0.2) is 72.4 Å². The SMILES string of the molecule is CO[C@@H]1/C=C/C=C(\C)Cc2cc(C)c(Cl)c(c2)N(C)C(=O)C[C@H](OC(=O)Nc2ccc(CC(=O)[C@H](CCCNC(N)=O)NC(=O)[C@@H](CC(=O)CCCCCN3C(=O)C=CC3=O)C(C)C)cc2)[C@]2(C)O[C@H]2[C@H](C)[C@@H]2C[C@@]1(O)CC(=O)O2. The Morgan fingerprint density at radius 1 is 0.988 bits per heavy atom. The summed E-state index contributed by atoms with van der Waals surface area (Å²) in [5, 5.41) is 20.4. The van der Waals surface area contributed by atoms with Gasteiger partial charge in [0, 0.05) is 82.6 Å². The van der Waals surface area contributed by atoms with E-state index in [1.165, 1.54) is 24.2 Å². The molecular formula is C59H77ClN6O14. The van der Waals surface area contributed by atoms with Crippen LogP contribution in [0.25, 0.3) is 0 Å². The normalized spacial score (nSPS) is 25.9. The summed E-state index contributed by atoms with van der Waals surface area (Å²) in [5.74, 6) is -4.24. The fourth-order valence-corrected chi connectivity index (χ4v) is 10.9. The molecule has 4 bridgehead atoms. The number of unbranched alkanes of at least 4 members (excludes halogenated alkanes) is 2. The first kappa shape index (κ1) is 62.5. The summed E-state index contributed by atoms with van der Waals surface area (Å²) >= 11 is 6.84. The molecule has 0 saturated carbocycles. The highest BCUT2D eigenvalue weighted by Crippen LogP contribution is 2.50. The molecule has 7 amide bonds. The number of nitrogens with two attached hydrogens (primary N) is 1. The molecule has 0 aromatic heterocycles. The van der Waals surface area contributed by atoms with Crippen molar-refractivity contribution in [3.8, 4) is 0 Å². The van der Waals surface area contributed by atoms with Gasteiger partial charge in [-0.2, -0.15) is 0 Å². The summed E-state index contributed by atoms with van der Waals surface area (Å²) < 4.78 is 24.0. The van der Waals surface area contributed by atoms with Crippen LogP contribution in [0.1, 0.15) is 116 Å². The number of carbonyl (C=O) groups is 9. The summed E-state index contributed by atoms with van der Waals surface area (Å²) in [7, 11) is 3.05. The van der Waals surface area contributed by atoms with E-state index in [0.717, 1.165) is 21.6 Å². The molecule has 0 radical (unpaired) electrons. The van der Waals surface area contributed by atoms with Gasteiger partial charge in [-0.3, -0.25) is 43.8 Å². The number of primary amides is 1. The van der Waals surface area contributed by atoms with Gasteiger partial charge in [0.2, 0.25) is 11.8 Å². The molecule has 6 rings (SSSR count). The minimum absolute atomic E-state index is 0.0171. The van der Waals surface area contributed by atoms with Crippen LogP contribution >= 0.6 is 11.6 Å². The highest BCUT2D eigenvalue weighted by atomic mass is 35.5. The number of nitrogens with zero attached hydrogens (tertiary/aromatic N) is 2. The van der Waals surface area contributed by atoms with Crippen molar-refractivity contribution < 1.29 is 67.2 Å². The Balaban J connectivity index is 1.14. The average Bonchev–Trinajstić information content (AvgIpc) is 4.18. The maximum absolute atomic E-state index is 14.3. The van der Waals surface area contributed by atoms with E-state index in [2.05, 4.69) is 16.0 Å². The molecule has 0 aliphatic carbocycles. The number of rotatable bonds is 21. The number of fused-ring (bicyclic) bond motifs is 5. The molecule has 4 heterocycles. The van der Waals surface area contributed by atoms with Gasteiger partial charge < -0.3 is 45.3 Å². The van der Waals surface area contributed by atoms with Gasteiger partial charge in [0.1, 0.15) is 35.3 Å². The summed E-state index contributed by atoms with van der Waals surface area (Å²) in [4.78, 5) is 120. The Morgan fingerprint density at radius 3 is 2.35 bits per heavy atom. The van der Waals surface area contributed by atoms with Gasteiger partial charge in [0.05, 0.1) is 35.7 Å². The first-order chi connectivity index (χ1) is 37.8. The standard InChI is InChI=1S/C59H77ClN6O14/c1-34(2)42(30-41(67)15-10-9-11-25-66-49(69)22-23-50(66)70)55(73)64-43(16-13-24-62-56(61)74)45(68)29-38-18-20-40(21-19-38)63-57(75)79-48-31-51(71)65(7)44-28-39(27-36(4)53(44)60)26-35(3)14-12-17-47(77-8)59(76)32-46(78-52(72)33-59)37(5)54-58(48,6)80-54/h12,14,17-23,27-28,34,37,42-43,46-48,54,76H,9-11,13,15-16,24-26,29-33H2,1-8H3,(H,63,75)(H,64,73)(H3,61,62,74)/b17-12+,35-14+/t37-,42+,43+,46+,47-,48+,54+,58+,59-/m1/s1. The van der Waals surface area contributed by atoms with Crippen molar-refractivity contribution in [2.24, 2.45) is 23.5 Å². The molecule has 80 heavy (non-hydrogen) atoms. The molecule has 4 aliphatic rings. The second-order valence-corrected chi connectivity index (χ2v) is 22.5. The highest BCUT2D eigenvalue weighted by Gasteiger charge is 2.64. The second-order valence-electron chi connectivity index (χ2n) is 22.1. The number of aryl methyl sites for hydroxylation is 1. The van der Waals surface area contributed by atoms with E-state index >= 15 is 0 Å². The summed E-state index contributed by atoms with van der Waals surface area (Å²) in [6.45, 7) is 11.4. The van der Waals surface area contributed by atoms with Crippen molar-refractivity contribution in [1.29, 1.82) is 0 Å². The number of hydrogen-bond donors (Lipinski definition) is 5. The van der Waals surface area contributed by atoms with E-state index in [4.69, 9.17) is 36.3 Å². The average molecular weight is 1130 g/mol. The number of methoxy groups -OCH3 is 1. The number of benzene rings is 2. The third-order valence-corrected chi connectivity index (χ3v) is 16.0. The third kappa shape index (κ3) is 16.4. The zero-order valence-electron chi connectivity index (χ0n) is 47.0. The van der Waals surface area contributed by atoms with Crippen molar-refractivity contribution in [1.82, 2.24) is 15.5 Å². The number of allylic oxidation sites excluding steroid dienone is 3. The molecule has 2 fully saturated rings. The molecule has 21 heteroatoms. The second kappa shape index (κ2) is 27.6. The van der Waals surface area contributed by atoms with E-state index in [1.54, 1.807) is 57.3 Å². The van der Waals surface area contributed by atoms with E-state index < -0.39 is 83.4 Å². The molecule has 2 aromatic carbocycles. The Bertz CT molecular complexity index is 2740. The molecule has 0 spiro atoms. The molecule has 20 nitrogen and oxygen atoms in total. The van der Waals surface area contributed by atoms with Crippen molar-refractivity contribution in [3.05, 3.63) is 94.1 Å². The summed E-state index contributed by atoms with van der Waals surface area (Å²) in [6.07, 6.45) is 5.34. The number of urea groups is 1. The zero-order valence-corrected chi connectivity index (χ0v) is 47.7. The van der Waals surface area contributed by atoms with Gasteiger partial charge in [-0.15, -0.1) is 0 Å². The number of anilines is 2. The first-order valence-corrected chi connectivity index (χ1v) is 27.7. The van der Waals surface area contributed by atoms with Crippen LogP contribution in [0.5, 0.6) is 0 Å². The highest BCUT2D eigenvalue weighted by molar-refractivity contribution is 6.34. The van der Waals surface area contributed by atoms with E-state index in [0.29, 0.717) is 48.4 Å². The molecule has 0 unspecified atom stereocenters. The molecule has 2 saturated heterocycles. The van der Waals surface area contributed by atoms with Gasteiger partial charge in [-0.05, 0) is 93.7 Å². The van der Waals surface area contributed by atoms with Crippen LogP contribution in [0.4, 0.5) is 21.0 Å². The Kier molecular flexibility index (Phi) is 21.6. The number of ketones is 2. The van der Waals surface area contributed by atoms with Crippen LogP contribution in [0.3, 0.4) is 0 Å². The largest absolute Gasteiger partial charge is 0.462 e. The zero-order chi connectivity index (χ0) is 58.6. The number of epoxide rings is 1. The molecule has 9 atom stereocenters. The molecule has 6 N–H and O–H groups in total. The van der Waals surface area contributed by atoms with Gasteiger partial charge in [-0.25, -0.2) is 9.59 Å². The van der Waals surface area contributed by atoms with E-state index in [1.807, 2.05) is 45.9 Å². The van der Waals surface area contributed by atoms with Crippen LogP contribution in [-0.2, 0) is 65.4 Å². The number of imide groups is 1. The lowest BCUT2D eigenvalue weighted by Gasteiger charge is -2.41. The number of amides is 7. The van der Waals surface area contributed by atoms with Gasteiger partial charge in [0.25, 0.3) is 11.8 Å². The number of hydrogen-bond acceptors (Lipinski definition) is 14. The molecule has 2 aromatic rings. The number of carbonyl (C=O) groups excluding carboxylic acids is 9. The van der Waals surface area contributed by atoms with Crippen molar-refractivity contribution in [2.75, 3.05) is 37.5 Å². The number of esters is 1.